The molecule has 0 radical (unpaired) electrons. The van der Waals surface area contributed by atoms with Crippen molar-refractivity contribution in [2.75, 3.05) is 27.9 Å². The van der Waals surface area contributed by atoms with Crippen molar-refractivity contribution in [3.05, 3.63) is 89.5 Å². The van der Waals surface area contributed by atoms with Gasteiger partial charge in [0.1, 0.15) is 17.2 Å². The Hall–Kier alpha value is -3.51. The van der Waals surface area contributed by atoms with Crippen LogP contribution >= 0.6 is 0 Å². The molecule has 3 aromatic rings. The van der Waals surface area contributed by atoms with Gasteiger partial charge in [-0.1, -0.05) is 62.6 Å². The molecule has 0 N–H and O–H groups in total. The van der Waals surface area contributed by atoms with Gasteiger partial charge in [-0.05, 0) is 59.5 Å². The van der Waals surface area contributed by atoms with Crippen LogP contribution in [0.3, 0.4) is 0 Å². The van der Waals surface area contributed by atoms with Gasteiger partial charge >= 0.3 is 5.97 Å². The first-order chi connectivity index (χ1) is 17.5. The molecule has 1 heterocycles. The molecule has 190 valence electrons. The highest BCUT2D eigenvalue weighted by molar-refractivity contribution is 5.89. The zero-order valence-corrected chi connectivity index (χ0v) is 21.4. The third-order valence-electron chi connectivity index (χ3n) is 6.77. The topological polar surface area (TPSA) is 66.5 Å². The van der Waals surface area contributed by atoms with Gasteiger partial charge in [0.05, 0.1) is 27.9 Å². The molecule has 6 heteroatoms. The van der Waals surface area contributed by atoms with E-state index in [1.807, 2.05) is 72.8 Å². The number of hydrogen-bond acceptors (Lipinski definition) is 6. The van der Waals surface area contributed by atoms with Crippen LogP contribution in [-0.2, 0) is 25.5 Å². The zero-order chi connectivity index (χ0) is 25.6. The van der Waals surface area contributed by atoms with Crippen molar-refractivity contribution < 1.29 is 28.5 Å². The van der Waals surface area contributed by atoms with Crippen molar-refractivity contribution in [3.63, 3.8) is 0 Å². The SMILES string of the molecule is CCCCCCOC(=O)C1(c2ccc(OC)cc2)OC1(c1ccc(OC)cc1)c1ccc(OC)cc1. The smallest absolute Gasteiger partial charge is 0.347 e. The summed E-state index contributed by atoms with van der Waals surface area (Å²) in [4.78, 5) is 13.9. The minimum absolute atomic E-state index is 0.349. The Morgan fingerprint density at radius 1 is 0.667 bits per heavy atom. The fourth-order valence-electron chi connectivity index (χ4n) is 4.73. The second-order valence-corrected chi connectivity index (χ2v) is 8.85. The Kier molecular flexibility index (Phi) is 7.85. The van der Waals surface area contributed by atoms with E-state index < -0.39 is 17.2 Å². The molecule has 0 saturated carbocycles. The van der Waals surface area contributed by atoms with Crippen molar-refractivity contribution in [2.24, 2.45) is 0 Å². The van der Waals surface area contributed by atoms with Gasteiger partial charge in [-0.2, -0.15) is 0 Å². The summed E-state index contributed by atoms with van der Waals surface area (Å²) in [6.07, 6.45) is 4.06. The molecule has 0 spiro atoms. The van der Waals surface area contributed by atoms with E-state index in [4.69, 9.17) is 23.7 Å². The molecule has 36 heavy (non-hydrogen) atoms. The van der Waals surface area contributed by atoms with Crippen molar-refractivity contribution in [2.45, 2.75) is 43.8 Å². The maximum absolute atomic E-state index is 13.9. The monoisotopic (exact) mass is 490 g/mol. The van der Waals surface area contributed by atoms with E-state index in [9.17, 15) is 4.79 Å². The van der Waals surface area contributed by atoms with Crippen LogP contribution in [0.4, 0.5) is 0 Å². The molecule has 1 aliphatic rings. The standard InChI is InChI=1S/C30H34O6/c1-5-6-7-8-21-35-28(31)30(24-13-19-27(34-4)20-14-24)29(36-30,22-9-15-25(32-2)16-10-22)23-11-17-26(33-3)18-12-23/h9-20H,5-8,21H2,1-4H3. The minimum Gasteiger partial charge on any atom is -0.497 e. The van der Waals surface area contributed by atoms with E-state index in [0.717, 1.165) is 48.3 Å². The van der Waals surface area contributed by atoms with Crippen LogP contribution < -0.4 is 14.2 Å². The number of epoxide rings is 1. The van der Waals surface area contributed by atoms with Crippen LogP contribution in [-0.4, -0.2) is 33.9 Å². The zero-order valence-electron chi connectivity index (χ0n) is 21.4. The Bertz CT molecular complexity index is 1090. The maximum atomic E-state index is 13.9. The summed E-state index contributed by atoms with van der Waals surface area (Å²) < 4.78 is 28.6. The summed E-state index contributed by atoms with van der Waals surface area (Å²) in [7, 11) is 4.86. The predicted molar refractivity (Wildman–Crippen MR) is 138 cm³/mol. The molecular formula is C30H34O6. The average molecular weight is 491 g/mol. The second-order valence-electron chi connectivity index (χ2n) is 8.85. The lowest BCUT2D eigenvalue weighted by atomic mass is 9.77. The molecule has 1 aliphatic heterocycles. The fourth-order valence-corrected chi connectivity index (χ4v) is 4.73. The Balaban J connectivity index is 1.81. The van der Waals surface area contributed by atoms with Crippen LogP contribution in [0.5, 0.6) is 17.2 Å². The van der Waals surface area contributed by atoms with Gasteiger partial charge in [-0.25, -0.2) is 4.79 Å². The molecule has 0 aliphatic carbocycles. The van der Waals surface area contributed by atoms with Crippen LogP contribution in [0.15, 0.2) is 72.8 Å². The summed E-state index contributed by atoms with van der Waals surface area (Å²) >= 11 is 0. The van der Waals surface area contributed by atoms with E-state index in [1.54, 1.807) is 21.3 Å². The largest absolute Gasteiger partial charge is 0.497 e. The Morgan fingerprint density at radius 2 is 1.11 bits per heavy atom. The summed E-state index contributed by atoms with van der Waals surface area (Å²) in [6, 6.07) is 22.6. The van der Waals surface area contributed by atoms with Crippen molar-refractivity contribution in [1.29, 1.82) is 0 Å². The molecule has 0 aromatic heterocycles. The predicted octanol–water partition coefficient (Wildman–Crippen LogP) is 6.01. The van der Waals surface area contributed by atoms with E-state index >= 15 is 0 Å². The van der Waals surface area contributed by atoms with E-state index in [-0.39, 0.29) is 0 Å². The minimum atomic E-state index is -1.35. The van der Waals surface area contributed by atoms with Crippen LogP contribution in [0.1, 0.15) is 49.3 Å². The highest BCUT2D eigenvalue weighted by atomic mass is 16.7. The van der Waals surface area contributed by atoms with Gasteiger partial charge in [0.2, 0.25) is 5.60 Å². The summed E-state index contributed by atoms with van der Waals surface area (Å²) in [6.45, 7) is 2.50. The molecule has 0 bridgehead atoms. The Labute approximate surface area is 213 Å². The molecule has 4 rings (SSSR count). The molecule has 1 unspecified atom stereocenters. The first-order valence-corrected chi connectivity index (χ1v) is 12.4. The van der Waals surface area contributed by atoms with Gasteiger partial charge in [-0.3, -0.25) is 0 Å². The third kappa shape index (κ3) is 4.53. The summed E-state index contributed by atoms with van der Waals surface area (Å²) in [5, 5.41) is 0. The fraction of sp³-hybridized carbons (Fsp3) is 0.367. The molecule has 3 aromatic carbocycles. The second kappa shape index (κ2) is 11.0. The van der Waals surface area contributed by atoms with Gasteiger partial charge in [0, 0.05) is 0 Å². The average Bonchev–Trinajstić information content (AvgIpc) is 3.65. The molecule has 1 atom stereocenters. The summed E-state index contributed by atoms with van der Waals surface area (Å²) in [5.74, 6) is 1.73. The lowest BCUT2D eigenvalue weighted by molar-refractivity contribution is -0.150. The van der Waals surface area contributed by atoms with E-state index in [2.05, 4.69) is 6.92 Å². The number of methoxy groups -OCH3 is 3. The number of hydrogen-bond donors (Lipinski definition) is 0. The number of ether oxygens (including phenoxy) is 5. The molecule has 0 amide bonds. The first-order valence-electron chi connectivity index (χ1n) is 12.4. The van der Waals surface area contributed by atoms with Crippen LogP contribution in [0.25, 0.3) is 0 Å². The number of carbonyl (C=O) groups excluding carboxylic acids is 1. The highest BCUT2D eigenvalue weighted by Crippen LogP contribution is 2.66. The highest BCUT2D eigenvalue weighted by Gasteiger charge is 2.78. The Morgan fingerprint density at radius 3 is 1.53 bits per heavy atom. The first kappa shape index (κ1) is 25.6. The van der Waals surface area contributed by atoms with Gasteiger partial charge in [-0.15, -0.1) is 0 Å². The normalized spacial score (nSPS) is 17.8. The van der Waals surface area contributed by atoms with E-state index in [0.29, 0.717) is 17.9 Å². The van der Waals surface area contributed by atoms with Gasteiger partial charge < -0.3 is 23.7 Å². The number of rotatable bonds is 12. The third-order valence-corrected chi connectivity index (χ3v) is 6.77. The molecule has 1 saturated heterocycles. The van der Waals surface area contributed by atoms with Gasteiger partial charge in [0.15, 0.2) is 5.60 Å². The molecular weight excluding hydrogens is 456 g/mol. The van der Waals surface area contributed by atoms with Crippen molar-refractivity contribution in [3.8, 4) is 17.2 Å². The van der Waals surface area contributed by atoms with E-state index in [1.165, 1.54) is 0 Å². The molecule has 6 nitrogen and oxygen atoms in total. The summed E-state index contributed by atoms with van der Waals surface area (Å²) in [5.41, 5.74) is -0.0821. The van der Waals surface area contributed by atoms with Crippen LogP contribution in [0, 0.1) is 0 Å². The lowest BCUT2D eigenvalue weighted by Gasteiger charge is -2.21. The number of benzene rings is 3. The number of unbranched alkanes of at least 4 members (excludes halogenated alkanes) is 3. The molecule has 1 fully saturated rings. The number of esters is 1. The van der Waals surface area contributed by atoms with Crippen LogP contribution in [0.2, 0.25) is 0 Å². The van der Waals surface area contributed by atoms with Crippen molar-refractivity contribution in [1.82, 2.24) is 0 Å². The lowest BCUT2D eigenvalue weighted by Crippen LogP contribution is -2.33. The number of carbonyl (C=O) groups is 1. The van der Waals surface area contributed by atoms with Crippen molar-refractivity contribution >= 4 is 5.97 Å². The quantitative estimate of drug-likeness (QED) is 0.176. The van der Waals surface area contributed by atoms with Gasteiger partial charge in [0.25, 0.3) is 0 Å². The maximum Gasteiger partial charge on any atom is 0.347 e.